The van der Waals surface area contributed by atoms with Gasteiger partial charge in [0.15, 0.2) is 0 Å². The molecule has 0 aliphatic carbocycles. The molecule has 1 aromatic carbocycles. The Morgan fingerprint density at radius 1 is 1.30 bits per heavy atom. The van der Waals surface area contributed by atoms with E-state index in [9.17, 15) is 0 Å². The van der Waals surface area contributed by atoms with Crippen molar-refractivity contribution in [3.05, 3.63) is 29.3 Å². The molecule has 2 fully saturated rings. The first kappa shape index (κ1) is 13.9. The first-order valence-electron chi connectivity index (χ1n) is 7.97. The van der Waals surface area contributed by atoms with Crippen molar-refractivity contribution in [1.82, 2.24) is 4.90 Å². The Balaban J connectivity index is 1.82. The fourth-order valence-electron chi connectivity index (χ4n) is 3.74. The first-order chi connectivity index (χ1) is 9.63. The molecule has 2 unspecified atom stereocenters. The topological polar surface area (TPSA) is 32.5 Å². The third-order valence-corrected chi connectivity index (χ3v) is 4.70. The number of benzene rings is 1. The van der Waals surface area contributed by atoms with Crippen molar-refractivity contribution >= 4 is 5.69 Å². The van der Waals surface area contributed by atoms with E-state index in [-0.39, 0.29) is 6.04 Å². The van der Waals surface area contributed by atoms with Gasteiger partial charge in [-0.2, -0.15) is 0 Å². The van der Waals surface area contributed by atoms with Crippen molar-refractivity contribution in [3.8, 4) is 0 Å². The second-order valence-electron chi connectivity index (χ2n) is 6.59. The zero-order chi connectivity index (χ0) is 14.1. The molecule has 2 aliphatic rings. The molecular formula is C17H27N3. The van der Waals surface area contributed by atoms with Crippen LogP contribution in [0.2, 0.25) is 0 Å². The zero-order valence-electron chi connectivity index (χ0n) is 12.8. The van der Waals surface area contributed by atoms with Crippen LogP contribution in [0.5, 0.6) is 0 Å². The van der Waals surface area contributed by atoms with E-state index in [1.165, 1.54) is 49.3 Å². The van der Waals surface area contributed by atoms with Gasteiger partial charge in [-0.3, -0.25) is 4.90 Å². The molecule has 2 atom stereocenters. The molecule has 2 aliphatic heterocycles. The molecule has 0 bridgehead atoms. The predicted octanol–water partition coefficient (Wildman–Crippen LogP) is 2.17. The van der Waals surface area contributed by atoms with Gasteiger partial charge in [0.05, 0.1) is 0 Å². The standard InChI is InChI=1S/C17H27N3/c1-13-5-6-17(15(10-13)11-14(2)18)20-9-8-19-7-3-4-16(19)12-20/h5-6,10,14,16H,3-4,7-9,11-12,18H2,1-2H3. The van der Waals surface area contributed by atoms with Crippen molar-refractivity contribution in [2.24, 2.45) is 5.73 Å². The van der Waals surface area contributed by atoms with Crippen LogP contribution < -0.4 is 10.6 Å². The van der Waals surface area contributed by atoms with E-state index in [1.807, 2.05) is 0 Å². The Bertz CT molecular complexity index is 469. The zero-order valence-corrected chi connectivity index (χ0v) is 12.8. The van der Waals surface area contributed by atoms with Crippen LogP contribution in [0.4, 0.5) is 5.69 Å². The van der Waals surface area contributed by atoms with Crippen molar-refractivity contribution in [2.75, 3.05) is 31.1 Å². The molecule has 110 valence electrons. The van der Waals surface area contributed by atoms with Crippen LogP contribution in [0, 0.1) is 6.92 Å². The van der Waals surface area contributed by atoms with Gasteiger partial charge in [0.2, 0.25) is 0 Å². The highest BCUT2D eigenvalue weighted by atomic mass is 15.3. The number of nitrogens with zero attached hydrogens (tertiary/aromatic N) is 2. The summed E-state index contributed by atoms with van der Waals surface area (Å²) in [5.41, 5.74) is 10.2. The summed E-state index contributed by atoms with van der Waals surface area (Å²) >= 11 is 0. The fourth-order valence-corrected chi connectivity index (χ4v) is 3.74. The molecule has 2 N–H and O–H groups in total. The van der Waals surface area contributed by atoms with Crippen LogP contribution in [-0.4, -0.2) is 43.2 Å². The summed E-state index contributed by atoms with van der Waals surface area (Å²) < 4.78 is 0. The second kappa shape index (κ2) is 5.74. The Morgan fingerprint density at radius 3 is 2.95 bits per heavy atom. The lowest BCUT2D eigenvalue weighted by molar-refractivity contribution is 0.231. The maximum absolute atomic E-state index is 6.03. The number of fused-ring (bicyclic) bond motifs is 1. The van der Waals surface area contributed by atoms with Crippen LogP contribution in [0.3, 0.4) is 0 Å². The fraction of sp³-hybridized carbons (Fsp3) is 0.647. The predicted molar refractivity (Wildman–Crippen MR) is 85.3 cm³/mol. The third-order valence-electron chi connectivity index (χ3n) is 4.70. The Hall–Kier alpha value is -1.06. The molecule has 3 rings (SSSR count). The minimum Gasteiger partial charge on any atom is -0.368 e. The van der Waals surface area contributed by atoms with E-state index in [0.29, 0.717) is 0 Å². The quantitative estimate of drug-likeness (QED) is 0.916. The molecule has 0 saturated carbocycles. The largest absolute Gasteiger partial charge is 0.368 e. The Labute approximate surface area is 122 Å². The summed E-state index contributed by atoms with van der Waals surface area (Å²) in [5, 5.41) is 0. The highest BCUT2D eigenvalue weighted by Crippen LogP contribution is 2.29. The lowest BCUT2D eigenvalue weighted by atomic mass is 10.0. The summed E-state index contributed by atoms with van der Waals surface area (Å²) in [6.07, 6.45) is 3.71. The lowest BCUT2D eigenvalue weighted by Crippen LogP contribution is -2.50. The number of anilines is 1. The Morgan fingerprint density at radius 2 is 2.15 bits per heavy atom. The molecule has 2 heterocycles. The minimum absolute atomic E-state index is 0.225. The molecule has 20 heavy (non-hydrogen) atoms. The van der Waals surface area contributed by atoms with E-state index < -0.39 is 0 Å². The van der Waals surface area contributed by atoms with E-state index in [1.54, 1.807) is 0 Å². The van der Waals surface area contributed by atoms with Gasteiger partial charge in [-0.25, -0.2) is 0 Å². The van der Waals surface area contributed by atoms with Gasteiger partial charge in [0.25, 0.3) is 0 Å². The number of hydrogen-bond donors (Lipinski definition) is 1. The van der Waals surface area contributed by atoms with E-state index in [4.69, 9.17) is 5.73 Å². The van der Waals surface area contributed by atoms with E-state index >= 15 is 0 Å². The maximum atomic E-state index is 6.03. The maximum Gasteiger partial charge on any atom is 0.0400 e. The molecule has 0 radical (unpaired) electrons. The lowest BCUT2D eigenvalue weighted by Gasteiger charge is -2.39. The third kappa shape index (κ3) is 2.84. The molecular weight excluding hydrogens is 246 g/mol. The molecule has 2 saturated heterocycles. The number of aryl methyl sites for hydroxylation is 1. The summed E-state index contributed by atoms with van der Waals surface area (Å²) in [7, 11) is 0. The number of rotatable bonds is 3. The van der Waals surface area contributed by atoms with Gasteiger partial charge < -0.3 is 10.6 Å². The van der Waals surface area contributed by atoms with Gasteiger partial charge >= 0.3 is 0 Å². The normalized spacial score (nSPS) is 24.8. The van der Waals surface area contributed by atoms with Gasteiger partial charge in [0.1, 0.15) is 0 Å². The van der Waals surface area contributed by atoms with Crippen molar-refractivity contribution in [3.63, 3.8) is 0 Å². The molecule has 0 amide bonds. The average Bonchev–Trinajstić information content (AvgIpc) is 2.85. The molecule has 1 aromatic rings. The van der Waals surface area contributed by atoms with E-state index in [2.05, 4.69) is 41.8 Å². The summed E-state index contributed by atoms with van der Waals surface area (Å²) in [5.74, 6) is 0. The molecule has 0 aromatic heterocycles. The van der Waals surface area contributed by atoms with Gasteiger partial charge in [-0.05, 0) is 51.3 Å². The van der Waals surface area contributed by atoms with Crippen LogP contribution in [0.15, 0.2) is 18.2 Å². The smallest absolute Gasteiger partial charge is 0.0400 e. The van der Waals surface area contributed by atoms with Crippen molar-refractivity contribution < 1.29 is 0 Å². The van der Waals surface area contributed by atoms with Crippen LogP contribution in [0.1, 0.15) is 30.9 Å². The van der Waals surface area contributed by atoms with Crippen molar-refractivity contribution in [2.45, 2.75) is 45.2 Å². The summed E-state index contributed by atoms with van der Waals surface area (Å²) in [6.45, 7) is 9.14. The molecule has 3 nitrogen and oxygen atoms in total. The van der Waals surface area contributed by atoms with Gasteiger partial charge in [-0.15, -0.1) is 0 Å². The number of hydrogen-bond acceptors (Lipinski definition) is 3. The minimum atomic E-state index is 0.225. The highest BCUT2D eigenvalue weighted by molar-refractivity contribution is 5.56. The van der Waals surface area contributed by atoms with Crippen LogP contribution in [-0.2, 0) is 6.42 Å². The monoisotopic (exact) mass is 273 g/mol. The van der Waals surface area contributed by atoms with Gasteiger partial charge in [0, 0.05) is 37.4 Å². The SMILES string of the molecule is Cc1ccc(N2CCN3CCCC3C2)c(CC(C)N)c1. The highest BCUT2D eigenvalue weighted by Gasteiger charge is 2.31. The number of piperazine rings is 1. The first-order valence-corrected chi connectivity index (χ1v) is 7.97. The average molecular weight is 273 g/mol. The molecule has 0 spiro atoms. The van der Waals surface area contributed by atoms with Crippen LogP contribution >= 0.6 is 0 Å². The summed E-state index contributed by atoms with van der Waals surface area (Å²) in [4.78, 5) is 5.25. The molecule has 3 heteroatoms. The number of nitrogens with two attached hydrogens (primary N) is 1. The Kier molecular flexibility index (Phi) is 3.99. The summed E-state index contributed by atoms with van der Waals surface area (Å²) in [6, 6.07) is 7.86. The van der Waals surface area contributed by atoms with E-state index in [0.717, 1.165) is 19.0 Å². The van der Waals surface area contributed by atoms with Crippen LogP contribution in [0.25, 0.3) is 0 Å². The second-order valence-corrected chi connectivity index (χ2v) is 6.59. The van der Waals surface area contributed by atoms with Crippen molar-refractivity contribution in [1.29, 1.82) is 0 Å². The van der Waals surface area contributed by atoms with Gasteiger partial charge in [-0.1, -0.05) is 17.7 Å².